The van der Waals surface area contributed by atoms with Gasteiger partial charge in [0, 0.05) is 19.0 Å². The molecule has 0 saturated heterocycles. The van der Waals surface area contributed by atoms with E-state index in [2.05, 4.69) is 17.4 Å². The fourth-order valence-electron chi connectivity index (χ4n) is 3.02. The zero-order chi connectivity index (χ0) is 15.5. The molecule has 1 aliphatic rings. The fraction of sp³-hybridized carbons (Fsp3) is 0.333. The third kappa shape index (κ3) is 2.93. The van der Waals surface area contributed by atoms with E-state index in [0.717, 1.165) is 17.1 Å². The van der Waals surface area contributed by atoms with Crippen molar-refractivity contribution < 1.29 is 14.6 Å². The molecule has 116 valence electrons. The standard InChI is InChI=1S/C18H21NO3/c1-21-14-7-12(8-15(10-14)22-2)11-19-18-16-6-4-3-5-13(16)9-17(18)20/h3-8,10,17-20H,9,11H2,1-2H3/t17-,18+/m0/s1. The van der Waals surface area contributed by atoms with Crippen LogP contribution in [0.5, 0.6) is 11.5 Å². The van der Waals surface area contributed by atoms with Crippen molar-refractivity contribution in [1.29, 1.82) is 0 Å². The zero-order valence-electron chi connectivity index (χ0n) is 12.9. The van der Waals surface area contributed by atoms with E-state index in [4.69, 9.17) is 9.47 Å². The van der Waals surface area contributed by atoms with Gasteiger partial charge in [0.15, 0.2) is 0 Å². The van der Waals surface area contributed by atoms with Crippen molar-refractivity contribution in [3.8, 4) is 11.5 Å². The van der Waals surface area contributed by atoms with E-state index in [0.29, 0.717) is 13.0 Å². The molecule has 2 aromatic carbocycles. The Morgan fingerprint density at radius 3 is 2.45 bits per heavy atom. The number of hydrogen-bond donors (Lipinski definition) is 2. The van der Waals surface area contributed by atoms with Crippen molar-refractivity contribution in [1.82, 2.24) is 5.32 Å². The van der Waals surface area contributed by atoms with Gasteiger partial charge < -0.3 is 19.9 Å². The fourth-order valence-corrected chi connectivity index (χ4v) is 3.02. The Balaban J connectivity index is 1.75. The predicted octanol–water partition coefficient (Wildman–Crippen LogP) is 2.45. The Morgan fingerprint density at radius 2 is 1.77 bits per heavy atom. The molecule has 0 amide bonds. The van der Waals surface area contributed by atoms with Crippen molar-refractivity contribution in [3.63, 3.8) is 0 Å². The van der Waals surface area contributed by atoms with Crippen LogP contribution in [0, 0.1) is 0 Å². The highest BCUT2D eigenvalue weighted by Gasteiger charge is 2.30. The number of aliphatic hydroxyl groups is 1. The van der Waals surface area contributed by atoms with Gasteiger partial charge in [-0.05, 0) is 28.8 Å². The molecule has 2 aromatic rings. The van der Waals surface area contributed by atoms with Gasteiger partial charge in [-0.25, -0.2) is 0 Å². The molecule has 2 N–H and O–H groups in total. The van der Waals surface area contributed by atoms with Crippen molar-refractivity contribution in [2.75, 3.05) is 14.2 Å². The van der Waals surface area contributed by atoms with Crippen LogP contribution in [0.3, 0.4) is 0 Å². The molecular weight excluding hydrogens is 278 g/mol. The van der Waals surface area contributed by atoms with E-state index in [1.807, 2.05) is 30.3 Å². The van der Waals surface area contributed by atoms with Crippen molar-refractivity contribution in [2.45, 2.75) is 25.1 Å². The second-order valence-corrected chi connectivity index (χ2v) is 5.55. The molecule has 4 nitrogen and oxygen atoms in total. The van der Waals surface area contributed by atoms with Crippen LogP contribution < -0.4 is 14.8 Å². The quantitative estimate of drug-likeness (QED) is 0.890. The summed E-state index contributed by atoms with van der Waals surface area (Å²) in [5, 5.41) is 13.7. The van der Waals surface area contributed by atoms with E-state index in [1.165, 1.54) is 11.1 Å². The van der Waals surface area contributed by atoms with Gasteiger partial charge in [0.1, 0.15) is 11.5 Å². The Bertz CT molecular complexity index is 634. The third-order valence-corrected chi connectivity index (χ3v) is 4.14. The highest BCUT2D eigenvalue weighted by atomic mass is 16.5. The second kappa shape index (κ2) is 6.38. The number of rotatable bonds is 5. The van der Waals surface area contributed by atoms with Crippen LogP contribution in [0.2, 0.25) is 0 Å². The Morgan fingerprint density at radius 1 is 1.09 bits per heavy atom. The summed E-state index contributed by atoms with van der Waals surface area (Å²) >= 11 is 0. The van der Waals surface area contributed by atoms with Crippen LogP contribution in [-0.4, -0.2) is 25.4 Å². The zero-order valence-corrected chi connectivity index (χ0v) is 12.9. The van der Waals surface area contributed by atoms with Crippen LogP contribution in [0.15, 0.2) is 42.5 Å². The van der Waals surface area contributed by atoms with Crippen LogP contribution in [-0.2, 0) is 13.0 Å². The molecule has 0 spiro atoms. The Hall–Kier alpha value is -2.04. The van der Waals surface area contributed by atoms with Crippen molar-refractivity contribution >= 4 is 0 Å². The summed E-state index contributed by atoms with van der Waals surface area (Å²) < 4.78 is 10.6. The van der Waals surface area contributed by atoms with Crippen molar-refractivity contribution in [2.24, 2.45) is 0 Å². The molecular formula is C18H21NO3. The molecule has 0 bridgehead atoms. The summed E-state index contributed by atoms with van der Waals surface area (Å²) in [5.41, 5.74) is 3.47. The van der Waals surface area contributed by atoms with E-state index < -0.39 is 0 Å². The van der Waals surface area contributed by atoms with Gasteiger partial charge in [0.25, 0.3) is 0 Å². The summed E-state index contributed by atoms with van der Waals surface area (Å²) in [7, 11) is 3.28. The van der Waals surface area contributed by atoms with Gasteiger partial charge in [0.2, 0.25) is 0 Å². The Kier molecular flexibility index (Phi) is 4.32. The second-order valence-electron chi connectivity index (χ2n) is 5.55. The first-order valence-electron chi connectivity index (χ1n) is 7.42. The minimum Gasteiger partial charge on any atom is -0.497 e. The lowest BCUT2D eigenvalue weighted by Crippen LogP contribution is -2.28. The minimum absolute atomic E-state index is 0.0339. The SMILES string of the molecule is COc1cc(CN[C@@H]2c3ccccc3C[C@@H]2O)cc(OC)c1. The van der Waals surface area contributed by atoms with Crippen LogP contribution >= 0.6 is 0 Å². The molecule has 22 heavy (non-hydrogen) atoms. The van der Waals surface area contributed by atoms with Crippen LogP contribution in [0.4, 0.5) is 0 Å². The van der Waals surface area contributed by atoms with Gasteiger partial charge in [-0.1, -0.05) is 24.3 Å². The number of ether oxygens (including phenoxy) is 2. The molecule has 3 rings (SSSR count). The van der Waals surface area contributed by atoms with E-state index in [-0.39, 0.29) is 12.1 Å². The monoisotopic (exact) mass is 299 g/mol. The molecule has 0 radical (unpaired) electrons. The molecule has 0 fully saturated rings. The van der Waals surface area contributed by atoms with Gasteiger partial charge in [0.05, 0.1) is 26.4 Å². The molecule has 4 heteroatoms. The first kappa shape index (κ1) is 14.9. The largest absolute Gasteiger partial charge is 0.497 e. The summed E-state index contributed by atoms with van der Waals surface area (Å²) in [6.45, 7) is 0.642. The highest BCUT2D eigenvalue weighted by Crippen LogP contribution is 2.32. The van der Waals surface area contributed by atoms with Crippen molar-refractivity contribution in [3.05, 3.63) is 59.2 Å². The van der Waals surface area contributed by atoms with E-state index >= 15 is 0 Å². The molecule has 1 aliphatic carbocycles. The molecule has 2 atom stereocenters. The normalized spacial score (nSPS) is 19.8. The number of methoxy groups -OCH3 is 2. The molecule has 0 heterocycles. The van der Waals surface area contributed by atoms with E-state index in [1.54, 1.807) is 14.2 Å². The van der Waals surface area contributed by atoms with Crippen LogP contribution in [0.1, 0.15) is 22.7 Å². The molecule has 0 aliphatic heterocycles. The molecule has 0 unspecified atom stereocenters. The predicted molar refractivity (Wildman–Crippen MR) is 85.3 cm³/mol. The summed E-state index contributed by atoms with van der Waals surface area (Å²) in [4.78, 5) is 0. The smallest absolute Gasteiger partial charge is 0.122 e. The van der Waals surface area contributed by atoms with Gasteiger partial charge in [-0.3, -0.25) is 0 Å². The summed E-state index contributed by atoms with van der Waals surface area (Å²) in [5.74, 6) is 1.53. The third-order valence-electron chi connectivity index (χ3n) is 4.14. The topological polar surface area (TPSA) is 50.7 Å². The Labute approximate surface area is 130 Å². The van der Waals surface area contributed by atoms with Gasteiger partial charge >= 0.3 is 0 Å². The molecule has 0 aromatic heterocycles. The lowest BCUT2D eigenvalue weighted by atomic mass is 10.1. The average molecular weight is 299 g/mol. The highest BCUT2D eigenvalue weighted by molar-refractivity contribution is 5.39. The van der Waals surface area contributed by atoms with Gasteiger partial charge in [-0.15, -0.1) is 0 Å². The molecule has 0 saturated carbocycles. The summed E-state index contributed by atoms with van der Waals surface area (Å²) in [6, 6.07) is 14.0. The lowest BCUT2D eigenvalue weighted by Gasteiger charge is -2.18. The average Bonchev–Trinajstić information content (AvgIpc) is 2.87. The first-order chi connectivity index (χ1) is 10.7. The number of benzene rings is 2. The number of fused-ring (bicyclic) bond motifs is 1. The van der Waals surface area contributed by atoms with E-state index in [9.17, 15) is 5.11 Å². The maximum Gasteiger partial charge on any atom is 0.122 e. The first-order valence-corrected chi connectivity index (χ1v) is 7.42. The lowest BCUT2D eigenvalue weighted by molar-refractivity contribution is 0.140. The van der Waals surface area contributed by atoms with Crippen LogP contribution in [0.25, 0.3) is 0 Å². The van der Waals surface area contributed by atoms with Gasteiger partial charge in [-0.2, -0.15) is 0 Å². The summed E-state index contributed by atoms with van der Waals surface area (Å²) in [6.07, 6.45) is 0.319. The maximum atomic E-state index is 10.3. The minimum atomic E-state index is -0.384. The number of nitrogens with one attached hydrogen (secondary N) is 1. The maximum absolute atomic E-state index is 10.3. The number of hydrogen-bond acceptors (Lipinski definition) is 4. The number of aliphatic hydroxyl groups excluding tert-OH is 1.